The van der Waals surface area contributed by atoms with E-state index in [1.807, 2.05) is 12.1 Å². The summed E-state index contributed by atoms with van der Waals surface area (Å²) in [6.45, 7) is 8.86. The Balaban J connectivity index is 1.57. The van der Waals surface area contributed by atoms with Crippen molar-refractivity contribution >= 4 is 11.6 Å². The van der Waals surface area contributed by atoms with Crippen LogP contribution in [0.4, 0.5) is 0 Å². The van der Waals surface area contributed by atoms with Gasteiger partial charge in [0.1, 0.15) is 5.75 Å². The molecule has 0 N–H and O–H groups in total. The maximum atomic E-state index is 6.04. The molecule has 0 spiro atoms. The number of rotatable bonds is 8. The lowest BCUT2D eigenvalue weighted by atomic mass is 10.1. The number of benzene rings is 1. The van der Waals surface area contributed by atoms with Gasteiger partial charge in [-0.2, -0.15) is 0 Å². The van der Waals surface area contributed by atoms with Crippen molar-refractivity contribution in [2.45, 2.75) is 52.4 Å². The van der Waals surface area contributed by atoms with Gasteiger partial charge in [-0.05, 0) is 82.4 Å². The van der Waals surface area contributed by atoms with E-state index < -0.39 is 0 Å². The first-order valence-corrected chi connectivity index (χ1v) is 8.66. The molecule has 0 radical (unpaired) electrons. The normalized spacial score (nSPS) is 15.6. The minimum Gasteiger partial charge on any atom is -0.493 e. The monoisotopic (exact) mass is 309 g/mol. The van der Waals surface area contributed by atoms with Crippen molar-refractivity contribution in [2.75, 3.05) is 26.2 Å². The average Bonchev–Trinajstić information content (AvgIpc) is 2.93. The predicted octanol–water partition coefficient (Wildman–Crippen LogP) is 4.99. The number of nitrogens with zero attached hydrogens (tertiary/aromatic N) is 1. The lowest BCUT2D eigenvalue weighted by molar-refractivity contribution is 0.294. The first-order chi connectivity index (χ1) is 10.2. The van der Waals surface area contributed by atoms with Crippen molar-refractivity contribution in [3.63, 3.8) is 0 Å². The van der Waals surface area contributed by atoms with Crippen LogP contribution in [0.5, 0.6) is 5.75 Å². The van der Waals surface area contributed by atoms with Crippen molar-refractivity contribution in [2.24, 2.45) is 0 Å². The first kappa shape index (κ1) is 16.6. The standard InChI is InChI=1S/C18H28ClNO/c1-15-13-17(19)14-16(2)18(15)21-12-8-4-3-5-9-20-10-6-7-11-20/h13-14H,3-12H2,1-2H3. The predicted molar refractivity (Wildman–Crippen MR) is 90.6 cm³/mol. The number of halogens is 1. The van der Waals surface area contributed by atoms with E-state index in [-0.39, 0.29) is 0 Å². The summed E-state index contributed by atoms with van der Waals surface area (Å²) in [4.78, 5) is 2.59. The van der Waals surface area contributed by atoms with E-state index >= 15 is 0 Å². The lowest BCUT2D eigenvalue weighted by Crippen LogP contribution is -2.20. The molecule has 0 atom stereocenters. The molecule has 21 heavy (non-hydrogen) atoms. The molecule has 0 bridgehead atoms. The van der Waals surface area contributed by atoms with E-state index in [2.05, 4.69) is 18.7 Å². The highest BCUT2D eigenvalue weighted by Crippen LogP contribution is 2.27. The SMILES string of the molecule is Cc1cc(Cl)cc(C)c1OCCCCCCN1CCCC1. The van der Waals surface area contributed by atoms with Gasteiger partial charge in [-0.25, -0.2) is 0 Å². The molecule has 0 unspecified atom stereocenters. The topological polar surface area (TPSA) is 12.5 Å². The third-order valence-corrected chi connectivity index (χ3v) is 4.46. The summed E-state index contributed by atoms with van der Waals surface area (Å²) in [5.74, 6) is 1.01. The fourth-order valence-electron chi connectivity index (χ4n) is 3.10. The molecule has 118 valence electrons. The fraction of sp³-hybridized carbons (Fsp3) is 0.667. The Bertz CT molecular complexity index is 418. The van der Waals surface area contributed by atoms with Crippen molar-refractivity contribution in [1.29, 1.82) is 0 Å². The van der Waals surface area contributed by atoms with Crippen molar-refractivity contribution in [3.8, 4) is 5.75 Å². The Hall–Kier alpha value is -0.730. The van der Waals surface area contributed by atoms with Gasteiger partial charge in [-0.1, -0.05) is 24.4 Å². The van der Waals surface area contributed by atoms with E-state index in [1.165, 1.54) is 51.7 Å². The lowest BCUT2D eigenvalue weighted by Gasteiger charge is -2.14. The summed E-state index contributed by atoms with van der Waals surface area (Å²) >= 11 is 6.04. The minimum absolute atomic E-state index is 0.791. The number of aryl methyl sites for hydroxylation is 2. The summed E-state index contributed by atoms with van der Waals surface area (Å²) in [7, 11) is 0. The molecule has 1 heterocycles. The van der Waals surface area contributed by atoms with E-state index in [0.717, 1.165) is 34.9 Å². The van der Waals surface area contributed by atoms with E-state index in [4.69, 9.17) is 16.3 Å². The second kappa shape index (κ2) is 8.65. The van der Waals surface area contributed by atoms with Crippen LogP contribution in [-0.2, 0) is 0 Å². The Morgan fingerprint density at radius 2 is 1.62 bits per heavy atom. The molecular formula is C18H28ClNO. The van der Waals surface area contributed by atoms with E-state index in [0.29, 0.717) is 0 Å². The summed E-state index contributed by atoms with van der Waals surface area (Å²) in [6.07, 6.45) is 7.85. The molecule has 0 saturated carbocycles. The highest BCUT2D eigenvalue weighted by Gasteiger charge is 2.10. The molecule has 2 nitrogen and oxygen atoms in total. The molecule has 2 rings (SSSR count). The zero-order valence-corrected chi connectivity index (χ0v) is 14.2. The van der Waals surface area contributed by atoms with Crippen molar-refractivity contribution in [1.82, 2.24) is 4.90 Å². The molecule has 0 aliphatic carbocycles. The number of ether oxygens (including phenoxy) is 1. The van der Waals surface area contributed by atoms with Gasteiger partial charge >= 0.3 is 0 Å². The average molecular weight is 310 g/mol. The highest BCUT2D eigenvalue weighted by atomic mass is 35.5. The first-order valence-electron chi connectivity index (χ1n) is 8.29. The molecule has 1 aliphatic heterocycles. The molecule has 0 amide bonds. The Kier molecular flexibility index (Phi) is 6.85. The molecule has 1 aromatic rings. The van der Waals surface area contributed by atoms with Gasteiger partial charge in [0.15, 0.2) is 0 Å². The van der Waals surface area contributed by atoms with E-state index in [1.54, 1.807) is 0 Å². The van der Waals surface area contributed by atoms with Gasteiger partial charge in [0.05, 0.1) is 6.61 Å². The van der Waals surface area contributed by atoms with Crippen LogP contribution in [0.15, 0.2) is 12.1 Å². The number of unbranched alkanes of at least 4 members (excludes halogenated alkanes) is 3. The van der Waals surface area contributed by atoms with Crippen LogP contribution >= 0.6 is 11.6 Å². The van der Waals surface area contributed by atoms with Crippen LogP contribution in [-0.4, -0.2) is 31.1 Å². The van der Waals surface area contributed by atoms with Gasteiger partial charge in [-0.15, -0.1) is 0 Å². The number of hydrogen-bond acceptors (Lipinski definition) is 2. The molecule has 1 fully saturated rings. The van der Waals surface area contributed by atoms with Gasteiger partial charge in [0.2, 0.25) is 0 Å². The maximum absolute atomic E-state index is 6.04. The van der Waals surface area contributed by atoms with Crippen LogP contribution in [0.3, 0.4) is 0 Å². The Morgan fingerprint density at radius 1 is 1.00 bits per heavy atom. The summed E-state index contributed by atoms with van der Waals surface area (Å²) < 4.78 is 5.93. The minimum atomic E-state index is 0.791. The van der Waals surface area contributed by atoms with Gasteiger partial charge in [0.25, 0.3) is 0 Å². The molecule has 1 aliphatic rings. The van der Waals surface area contributed by atoms with Crippen LogP contribution in [0.2, 0.25) is 5.02 Å². The van der Waals surface area contributed by atoms with Crippen molar-refractivity contribution in [3.05, 3.63) is 28.3 Å². The quantitative estimate of drug-likeness (QED) is 0.627. The van der Waals surface area contributed by atoms with Crippen LogP contribution in [0, 0.1) is 13.8 Å². The van der Waals surface area contributed by atoms with Crippen molar-refractivity contribution < 1.29 is 4.74 Å². The summed E-state index contributed by atoms with van der Waals surface area (Å²) in [5.41, 5.74) is 2.27. The van der Waals surface area contributed by atoms with Gasteiger partial charge < -0.3 is 9.64 Å². The molecular weight excluding hydrogens is 282 g/mol. The summed E-state index contributed by atoms with van der Waals surface area (Å²) in [6, 6.07) is 3.94. The smallest absolute Gasteiger partial charge is 0.125 e. The Labute approximate surface area is 134 Å². The molecule has 0 aromatic heterocycles. The largest absolute Gasteiger partial charge is 0.493 e. The summed E-state index contributed by atoms with van der Waals surface area (Å²) in [5, 5.41) is 0.791. The number of hydrogen-bond donors (Lipinski definition) is 0. The van der Waals surface area contributed by atoms with Gasteiger partial charge in [0, 0.05) is 5.02 Å². The highest BCUT2D eigenvalue weighted by molar-refractivity contribution is 6.30. The van der Waals surface area contributed by atoms with Gasteiger partial charge in [-0.3, -0.25) is 0 Å². The fourth-order valence-corrected chi connectivity index (χ4v) is 3.42. The molecule has 1 aromatic carbocycles. The zero-order chi connectivity index (χ0) is 15.1. The maximum Gasteiger partial charge on any atom is 0.125 e. The zero-order valence-electron chi connectivity index (χ0n) is 13.5. The van der Waals surface area contributed by atoms with Crippen LogP contribution in [0.25, 0.3) is 0 Å². The third-order valence-electron chi connectivity index (χ3n) is 4.24. The third kappa shape index (κ3) is 5.52. The Morgan fingerprint density at radius 3 is 2.29 bits per heavy atom. The van der Waals surface area contributed by atoms with E-state index in [9.17, 15) is 0 Å². The second-order valence-electron chi connectivity index (χ2n) is 6.18. The van der Waals surface area contributed by atoms with Crippen LogP contribution in [0.1, 0.15) is 49.7 Å². The number of likely N-dealkylation sites (tertiary alicyclic amines) is 1. The second-order valence-corrected chi connectivity index (χ2v) is 6.62. The molecule has 1 saturated heterocycles. The van der Waals surface area contributed by atoms with Crippen LogP contribution < -0.4 is 4.74 Å². The molecule has 3 heteroatoms.